The summed E-state index contributed by atoms with van der Waals surface area (Å²) in [6.45, 7) is 0. The molecule has 0 heteroatoms. The van der Waals surface area contributed by atoms with Crippen LogP contribution in [0.5, 0.6) is 0 Å². The van der Waals surface area contributed by atoms with Crippen molar-refractivity contribution >= 4 is 53.9 Å². The monoisotopic (exact) mass is 581 g/mol. The lowest BCUT2D eigenvalue weighted by Gasteiger charge is -2.22. The average molecular weight is 582 g/mol. The number of benzene rings is 9. The van der Waals surface area contributed by atoms with Crippen LogP contribution in [0.4, 0.5) is 0 Å². The van der Waals surface area contributed by atoms with E-state index in [4.69, 9.17) is 24.7 Å². The summed E-state index contributed by atoms with van der Waals surface area (Å²) in [5.74, 6) is 0. The molecule has 9 rings (SSSR count). The van der Waals surface area contributed by atoms with E-state index in [0.717, 1.165) is 18.2 Å². The first-order chi connectivity index (χ1) is 32.2. The molecule has 0 saturated heterocycles. The summed E-state index contributed by atoms with van der Waals surface area (Å²) >= 11 is 0. The highest BCUT2D eigenvalue weighted by atomic mass is 14.2. The van der Waals surface area contributed by atoms with Crippen molar-refractivity contribution in [3.05, 3.63) is 169 Å². The van der Waals surface area contributed by atoms with Crippen LogP contribution >= 0.6 is 0 Å². The molecule has 0 aliphatic carbocycles. The van der Waals surface area contributed by atoms with E-state index in [2.05, 4.69) is 0 Å². The van der Waals surface area contributed by atoms with Crippen molar-refractivity contribution in [3.8, 4) is 33.4 Å². The van der Waals surface area contributed by atoms with E-state index < -0.39 is 217 Å². The van der Waals surface area contributed by atoms with Crippen molar-refractivity contribution in [3.63, 3.8) is 0 Å². The molecule has 0 fully saturated rings. The molecule has 0 saturated carbocycles. The van der Waals surface area contributed by atoms with Gasteiger partial charge in [-0.15, -0.1) is 0 Å². The molecule has 0 nitrogen and oxygen atoms in total. The molecule has 0 aliphatic heterocycles. The van der Waals surface area contributed by atoms with Crippen molar-refractivity contribution < 1.29 is 34.3 Å². The molecule has 0 spiro atoms. The van der Waals surface area contributed by atoms with Crippen molar-refractivity contribution in [2.75, 3.05) is 0 Å². The minimum absolute atomic E-state index is 0.341. The number of fused-ring (bicyclic) bond motifs is 5. The SMILES string of the molecule is [2H]c1cc2c(-c3c4c([2H])c([2H])c([2H])cc4c(-c4c([2H])c([2H])c([2H])c([2H])c4[2H])c4c([2H])c([2H])c([2H])c([2H])c34)c3cc([2H])c([2H])c([2H])c3c(-c3c([2H])c([2H])c4c([2H])c([2H])c([2H])c([2H])c4c3[2H])c2c([2H])c1[2H]. The Morgan fingerprint density at radius 3 is 1.32 bits per heavy atom. The van der Waals surface area contributed by atoms with Crippen molar-refractivity contribution in [2.45, 2.75) is 0 Å². The van der Waals surface area contributed by atoms with Crippen LogP contribution in [-0.2, 0) is 0 Å². The van der Waals surface area contributed by atoms with Gasteiger partial charge in [0, 0.05) is 0 Å². The number of hydrogen-bond donors (Lipinski definition) is 0. The Kier molecular flexibility index (Phi) is 2.36. The van der Waals surface area contributed by atoms with Gasteiger partial charge in [-0.1, -0.05) is 163 Å². The third-order valence-electron chi connectivity index (χ3n) is 7.48. The van der Waals surface area contributed by atoms with Gasteiger partial charge < -0.3 is 0 Å². The summed E-state index contributed by atoms with van der Waals surface area (Å²) < 4.78 is 224. The third kappa shape index (κ3) is 3.71. The molecule has 0 unspecified atom stereocenters. The van der Waals surface area contributed by atoms with E-state index in [1.54, 1.807) is 0 Å². The van der Waals surface area contributed by atoms with E-state index in [9.17, 15) is 9.60 Å². The van der Waals surface area contributed by atoms with Gasteiger partial charge in [0.2, 0.25) is 0 Å². The zero-order valence-corrected chi connectivity index (χ0v) is 22.2. The second-order valence-corrected chi connectivity index (χ2v) is 9.73. The highest BCUT2D eigenvalue weighted by Crippen LogP contribution is 2.50. The Morgan fingerprint density at radius 2 is 0.682 bits per heavy atom. The van der Waals surface area contributed by atoms with E-state index in [1.165, 1.54) is 0 Å². The maximum atomic E-state index is 9.53. The topological polar surface area (TPSA) is 0 Å². The minimum atomic E-state index is -0.895. The second kappa shape index (κ2) is 9.93. The van der Waals surface area contributed by atoms with Crippen LogP contribution in [0.25, 0.3) is 87.2 Å². The van der Waals surface area contributed by atoms with Crippen LogP contribution in [0.3, 0.4) is 0 Å². The maximum Gasteiger partial charge on any atom is 0.0636 e. The van der Waals surface area contributed by atoms with Crippen LogP contribution in [0.15, 0.2) is 169 Å². The smallest absolute Gasteiger partial charge is 0.0622 e. The first-order valence-corrected chi connectivity index (χ1v) is 13.2. The standard InChI is InChI=1S/C44H28/c1-2-15-30(16-3-1)41-33-18-6-10-22-37(33)43(38-23-11-7-19-34(38)41)44-39-24-12-8-20-35(39)42(36-21-9-13-25-40(36)44)32-27-26-29-14-4-5-17-31(29)28-32/h1-28H/i1D,2D,3D,4D,5D,6D,7D,8D,9D,10D,11D,12D,13D,14D,15D,16D,17D,18D,20D,21D,22D,23D,26D,27D,28D. The molecule has 0 aromatic heterocycles. The van der Waals surface area contributed by atoms with Crippen molar-refractivity contribution in [2.24, 2.45) is 0 Å². The predicted octanol–water partition coefficient (Wildman–Crippen LogP) is 12.5. The molecular formula is C44H28. The van der Waals surface area contributed by atoms with Crippen LogP contribution in [0, 0.1) is 0 Å². The van der Waals surface area contributed by atoms with Gasteiger partial charge >= 0.3 is 0 Å². The highest BCUT2D eigenvalue weighted by Gasteiger charge is 2.22. The second-order valence-electron chi connectivity index (χ2n) is 9.73. The van der Waals surface area contributed by atoms with Crippen LogP contribution in [-0.4, -0.2) is 0 Å². The Labute approximate surface area is 291 Å². The van der Waals surface area contributed by atoms with Gasteiger partial charge in [-0.2, -0.15) is 0 Å². The molecule has 0 N–H and O–H groups in total. The zero-order chi connectivity index (χ0) is 50.8. The van der Waals surface area contributed by atoms with Gasteiger partial charge in [0.15, 0.2) is 0 Å². The lowest BCUT2D eigenvalue weighted by Crippen LogP contribution is -1.94. The van der Waals surface area contributed by atoms with Gasteiger partial charge in [0.1, 0.15) is 0 Å². The van der Waals surface area contributed by atoms with Gasteiger partial charge in [-0.25, -0.2) is 0 Å². The van der Waals surface area contributed by atoms with Gasteiger partial charge in [0.05, 0.1) is 34.3 Å². The van der Waals surface area contributed by atoms with Gasteiger partial charge in [-0.05, 0) is 93.3 Å². The average Bonchev–Trinajstić information content (AvgIpc) is 3.31. The van der Waals surface area contributed by atoms with E-state index in [1.807, 2.05) is 0 Å². The normalized spacial score (nSPS) is 19.6. The molecule has 44 heavy (non-hydrogen) atoms. The zero-order valence-electron chi connectivity index (χ0n) is 47.2. The molecule has 0 bridgehead atoms. The van der Waals surface area contributed by atoms with Crippen LogP contribution in [0.2, 0.25) is 0 Å². The molecule has 0 heterocycles. The number of rotatable bonds is 3. The first-order valence-electron chi connectivity index (χ1n) is 25.7. The Hall–Kier alpha value is -5.72. The van der Waals surface area contributed by atoms with Gasteiger partial charge in [-0.3, -0.25) is 0 Å². The van der Waals surface area contributed by atoms with Crippen molar-refractivity contribution in [1.82, 2.24) is 0 Å². The molecule has 0 aliphatic rings. The highest BCUT2D eigenvalue weighted by molar-refractivity contribution is 6.30. The fourth-order valence-corrected chi connectivity index (χ4v) is 5.75. The number of hydrogen-bond acceptors (Lipinski definition) is 0. The summed E-state index contributed by atoms with van der Waals surface area (Å²) in [6.07, 6.45) is 0. The lowest BCUT2D eigenvalue weighted by atomic mass is 9.81. The molecule has 0 atom stereocenters. The largest absolute Gasteiger partial charge is 0.0636 e. The molecule has 204 valence electrons. The van der Waals surface area contributed by atoms with Crippen LogP contribution in [0.1, 0.15) is 34.3 Å². The molecule has 0 amide bonds. The van der Waals surface area contributed by atoms with E-state index in [-0.39, 0.29) is 21.7 Å². The van der Waals surface area contributed by atoms with E-state index in [0.29, 0.717) is 0 Å². The quantitative estimate of drug-likeness (QED) is 0.182. The molecule has 9 aromatic rings. The predicted molar refractivity (Wildman–Crippen MR) is 190 cm³/mol. The van der Waals surface area contributed by atoms with Crippen molar-refractivity contribution in [1.29, 1.82) is 0 Å². The Morgan fingerprint density at radius 1 is 0.273 bits per heavy atom. The summed E-state index contributed by atoms with van der Waals surface area (Å²) in [4.78, 5) is 0. The Bertz CT molecular complexity index is 3850. The lowest BCUT2D eigenvalue weighted by molar-refractivity contribution is 1.66. The summed E-state index contributed by atoms with van der Waals surface area (Å²) in [5, 5.41) is -4.61. The fraction of sp³-hybridized carbons (Fsp3) is 0. The van der Waals surface area contributed by atoms with E-state index >= 15 is 0 Å². The maximum absolute atomic E-state index is 9.53. The Balaban J connectivity index is 1.70. The third-order valence-corrected chi connectivity index (χ3v) is 7.48. The van der Waals surface area contributed by atoms with Gasteiger partial charge in [0.25, 0.3) is 0 Å². The van der Waals surface area contributed by atoms with Crippen LogP contribution < -0.4 is 0 Å². The molecule has 0 radical (unpaired) electrons. The molecule has 9 aromatic carbocycles. The minimum Gasteiger partial charge on any atom is -0.0622 e. The summed E-state index contributed by atoms with van der Waals surface area (Å²) in [7, 11) is 0. The molecular weight excluding hydrogens is 528 g/mol. The fourth-order valence-electron chi connectivity index (χ4n) is 5.75. The summed E-state index contributed by atoms with van der Waals surface area (Å²) in [6, 6.07) is -17.0. The first kappa shape index (κ1) is 10.5. The summed E-state index contributed by atoms with van der Waals surface area (Å²) in [5.41, 5.74) is -3.00.